The van der Waals surface area contributed by atoms with Crippen molar-refractivity contribution in [2.45, 2.75) is 37.8 Å². The number of hydrogen-bond donors (Lipinski definition) is 1. The van der Waals surface area contributed by atoms with Crippen molar-refractivity contribution in [1.82, 2.24) is 5.32 Å². The number of halogens is 2. The van der Waals surface area contributed by atoms with E-state index in [1.165, 1.54) is 18.2 Å². The van der Waals surface area contributed by atoms with Crippen molar-refractivity contribution in [3.8, 4) is 0 Å². The van der Waals surface area contributed by atoms with E-state index in [-0.39, 0.29) is 17.7 Å². The van der Waals surface area contributed by atoms with E-state index in [1.54, 1.807) is 0 Å². The predicted molar refractivity (Wildman–Crippen MR) is 68.8 cm³/mol. The standard InChI is InChI=1S/C15H19F2NO/c16-11-3-4-14(17)13(9-11)15(10-1-2-10)18-12-5-7-19-8-6-12/h3-4,9-10,12,15,18H,1-2,5-8H2. The molecular formula is C15H19F2NO. The molecule has 0 spiro atoms. The first kappa shape index (κ1) is 13.0. The van der Waals surface area contributed by atoms with Gasteiger partial charge in [-0.3, -0.25) is 0 Å². The molecule has 1 N–H and O–H groups in total. The number of hydrogen-bond acceptors (Lipinski definition) is 2. The highest BCUT2D eigenvalue weighted by Gasteiger charge is 2.35. The minimum Gasteiger partial charge on any atom is -0.381 e. The van der Waals surface area contributed by atoms with Crippen LogP contribution in [0, 0.1) is 17.6 Å². The number of benzene rings is 1. The average Bonchev–Trinajstić information content (AvgIpc) is 3.25. The van der Waals surface area contributed by atoms with E-state index < -0.39 is 0 Å². The lowest BCUT2D eigenvalue weighted by Crippen LogP contribution is -2.38. The minimum absolute atomic E-state index is 0.0567. The summed E-state index contributed by atoms with van der Waals surface area (Å²) >= 11 is 0. The van der Waals surface area contributed by atoms with E-state index in [1.807, 2.05) is 0 Å². The van der Waals surface area contributed by atoms with Gasteiger partial charge in [0.1, 0.15) is 11.6 Å². The Bertz CT molecular complexity index is 442. The molecule has 0 radical (unpaired) electrons. The molecule has 1 aliphatic heterocycles. The summed E-state index contributed by atoms with van der Waals surface area (Å²) < 4.78 is 32.6. The molecule has 1 aromatic carbocycles. The monoisotopic (exact) mass is 267 g/mol. The van der Waals surface area contributed by atoms with Crippen molar-refractivity contribution in [3.05, 3.63) is 35.4 Å². The van der Waals surface area contributed by atoms with Gasteiger partial charge in [0.05, 0.1) is 0 Å². The van der Waals surface area contributed by atoms with Gasteiger partial charge in [-0.05, 0) is 49.8 Å². The molecule has 2 nitrogen and oxygen atoms in total. The van der Waals surface area contributed by atoms with Gasteiger partial charge in [0.25, 0.3) is 0 Å². The van der Waals surface area contributed by atoms with Crippen LogP contribution >= 0.6 is 0 Å². The van der Waals surface area contributed by atoms with Gasteiger partial charge in [0, 0.05) is 30.9 Å². The lowest BCUT2D eigenvalue weighted by molar-refractivity contribution is 0.0738. The van der Waals surface area contributed by atoms with Crippen molar-refractivity contribution in [1.29, 1.82) is 0 Å². The fraction of sp³-hybridized carbons (Fsp3) is 0.600. The second-order valence-corrected chi connectivity index (χ2v) is 5.53. The highest BCUT2D eigenvalue weighted by molar-refractivity contribution is 5.24. The van der Waals surface area contributed by atoms with Crippen LogP contribution in [-0.4, -0.2) is 19.3 Å². The van der Waals surface area contributed by atoms with E-state index >= 15 is 0 Å². The molecule has 3 rings (SSSR count). The lowest BCUT2D eigenvalue weighted by Gasteiger charge is -2.29. The van der Waals surface area contributed by atoms with E-state index in [4.69, 9.17) is 4.74 Å². The first-order valence-electron chi connectivity index (χ1n) is 7.03. The quantitative estimate of drug-likeness (QED) is 0.904. The highest BCUT2D eigenvalue weighted by Crippen LogP contribution is 2.42. The summed E-state index contributed by atoms with van der Waals surface area (Å²) in [4.78, 5) is 0. The molecule has 2 aliphatic rings. The predicted octanol–water partition coefficient (Wildman–Crippen LogP) is 3.18. The molecule has 19 heavy (non-hydrogen) atoms. The Hall–Kier alpha value is -1.00. The van der Waals surface area contributed by atoms with E-state index in [0.717, 1.165) is 38.9 Å². The number of rotatable bonds is 4. The van der Waals surface area contributed by atoms with E-state index in [0.29, 0.717) is 17.5 Å². The molecule has 1 aliphatic carbocycles. The Morgan fingerprint density at radius 3 is 2.53 bits per heavy atom. The summed E-state index contributed by atoms with van der Waals surface area (Å²) in [5, 5.41) is 3.52. The summed E-state index contributed by atoms with van der Waals surface area (Å²) in [5.74, 6) is -0.229. The molecule has 1 aromatic rings. The topological polar surface area (TPSA) is 21.3 Å². The van der Waals surface area contributed by atoms with Crippen LogP contribution in [0.2, 0.25) is 0 Å². The first-order valence-corrected chi connectivity index (χ1v) is 7.03. The Labute approximate surface area is 112 Å². The van der Waals surface area contributed by atoms with Crippen LogP contribution in [0.5, 0.6) is 0 Å². The fourth-order valence-electron chi connectivity index (χ4n) is 2.78. The Kier molecular flexibility index (Phi) is 3.80. The molecule has 0 bridgehead atoms. The molecule has 2 fully saturated rings. The zero-order chi connectivity index (χ0) is 13.2. The molecular weight excluding hydrogens is 248 g/mol. The van der Waals surface area contributed by atoms with Crippen molar-refractivity contribution >= 4 is 0 Å². The Morgan fingerprint density at radius 2 is 1.84 bits per heavy atom. The van der Waals surface area contributed by atoms with Gasteiger partial charge in [-0.1, -0.05) is 0 Å². The molecule has 4 heteroatoms. The Morgan fingerprint density at radius 1 is 1.11 bits per heavy atom. The molecule has 1 unspecified atom stereocenters. The van der Waals surface area contributed by atoms with Crippen LogP contribution < -0.4 is 5.32 Å². The highest BCUT2D eigenvalue weighted by atomic mass is 19.1. The molecule has 0 aromatic heterocycles. The second-order valence-electron chi connectivity index (χ2n) is 5.53. The Balaban J connectivity index is 1.78. The molecule has 1 saturated carbocycles. The molecule has 1 heterocycles. The lowest BCUT2D eigenvalue weighted by atomic mass is 9.98. The normalized spacial score (nSPS) is 22.4. The summed E-state index contributed by atoms with van der Waals surface area (Å²) in [6.45, 7) is 1.50. The minimum atomic E-state index is -0.365. The van der Waals surface area contributed by atoms with Crippen molar-refractivity contribution in [2.75, 3.05) is 13.2 Å². The zero-order valence-electron chi connectivity index (χ0n) is 10.9. The van der Waals surface area contributed by atoms with E-state index in [9.17, 15) is 8.78 Å². The molecule has 1 atom stereocenters. The molecule has 0 amide bonds. The summed E-state index contributed by atoms with van der Waals surface area (Å²) in [5.41, 5.74) is 0.481. The number of nitrogens with one attached hydrogen (secondary N) is 1. The largest absolute Gasteiger partial charge is 0.381 e. The van der Waals surface area contributed by atoms with Crippen LogP contribution in [-0.2, 0) is 4.74 Å². The van der Waals surface area contributed by atoms with Gasteiger partial charge in [-0.15, -0.1) is 0 Å². The van der Waals surface area contributed by atoms with Gasteiger partial charge < -0.3 is 10.1 Å². The first-order chi connectivity index (χ1) is 9.24. The maximum atomic E-state index is 13.9. The maximum Gasteiger partial charge on any atom is 0.128 e. The van der Waals surface area contributed by atoms with Gasteiger partial charge in [-0.25, -0.2) is 8.78 Å². The van der Waals surface area contributed by atoms with Gasteiger partial charge >= 0.3 is 0 Å². The van der Waals surface area contributed by atoms with Gasteiger partial charge in [0.2, 0.25) is 0 Å². The van der Waals surface area contributed by atoms with Gasteiger partial charge in [0.15, 0.2) is 0 Å². The zero-order valence-corrected chi connectivity index (χ0v) is 10.9. The fourth-order valence-corrected chi connectivity index (χ4v) is 2.78. The smallest absolute Gasteiger partial charge is 0.128 e. The molecule has 104 valence electrons. The van der Waals surface area contributed by atoms with Crippen LogP contribution in [0.4, 0.5) is 8.78 Å². The van der Waals surface area contributed by atoms with Crippen LogP contribution in [0.25, 0.3) is 0 Å². The summed E-state index contributed by atoms with van der Waals surface area (Å²) in [7, 11) is 0. The third kappa shape index (κ3) is 3.12. The maximum absolute atomic E-state index is 13.9. The third-order valence-corrected chi connectivity index (χ3v) is 4.02. The number of ether oxygens (including phenoxy) is 1. The average molecular weight is 267 g/mol. The second kappa shape index (κ2) is 5.55. The van der Waals surface area contributed by atoms with E-state index in [2.05, 4.69) is 5.32 Å². The molecule has 1 saturated heterocycles. The van der Waals surface area contributed by atoms with Gasteiger partial charge in [-0.2, -0.15) is 0 Å². The van der Waals surface area contributed by atoms with Crippen LogP contribution in [0.15, 0.2) is 18.2 Å². The summed E-state index contributed by atoms with van der Waals surface area (Å²) in [6, 6.07) is 4.04. The van der Waals surface area contributed by atoms with Crippen LogP contribution in [0.3, 0.4) is 0 Å². The van der Waals surface area contributed by atoms with Crippen molar-refractivity contribution < 1.29 is 13.5 Å². The third-order valence-electron chi connectivity index (χ3n) is 4.02. The van der Waals surface area contributed by atoms with Crippen molar-refractivity contribution in [2.24, 2.45) is 5.92 Å². The SMILES string of the molecule is Fc1ccc(F)c(C(NC2CCOCC2)C2CC2)c1. The summed E-state index contributed by atoms with van der Waals surface area (Å²) in [6.07, 6.45) is 4.08. The van der Waals surface area contributed by atoms with Crippen molar-refractivity contribution in [3.63, 3.8) is 0 Å². The van der Waals surface area contributed by atoms with Crippen LogP contribution in [0.1, 0.15) is 37.3 Å².